The molecule has 0 aliphatic heterocycles. The second kappa shape index (κ2) is 6.63. The average molecular weight is 293 g/mol. The van der Waals surface area contributed by atoms with E-state index in [1.807, 2.05) is 19.2 Å². The minimum Gasteiger partial charge on any atom is -0.493 e. The predicted octanol–water partition coefficient (Wildman–Crippen LogP) is 3.16. The Hall–Kier alpha value is -1.72. The number of ether oxygens (including phenoxy) is 3. The molecule has 20 heavy (non-hydrogen) atoms. The molecule has 0 spiro atoms. The van der Waals surface area contributed by atoms with E-state index in [9.17, 15) is 0 Å². The van der Waals surface area contributed by atoms with Crippen LogP contribution in [0.25, 0.3) is 10.4 Å². The van der Waals surface area contributed by atoms with Crippen molar-refractivity contribution in [2.24, 2.45) is 0 Å². The van der Waals surface area contributed by atoms with Crippen LogP contribution in [0.15, 0.2) is 23.6 Å². The molecule has 0 bridgehead atoms. The monoisotopic (exact) mass is 293 g/mol. The van der Waals surface area contributed by atoms with Gasteiger partial charge in [0.15, 0.2) is 11.5 Å². The summed E-state index contributed by atoms with van der Waals surface area (Å²) in [4.78, 5) is 1.15. The first-order valence-corrected chi connectivity index (χ1v) is 7.14. The van der Waals surface area contributed by atoms with Crippen LogP contribution in [0.2, 0.25) is 0 Å². The summed E-state index contributed by atoms with van der Waals surface area (Å²) in [6.07, 6.45) is 0. The predicted molar refractivity (Wildman–Crippen MR) is 82.2 cm³/mol. The number of benzene rings is 1. The van der Waals surface area contributed by atoms with Crippen LogP contribution in [0.3, 0.4) is 0 Å². The third kappa shape index (κ3) is 2.73. The van der Waals surface area contributed by atoms with Crippen LogP contribution < -0.4 is 19.5 Å². The first-order valence-electron chi connectivity index (χ1n) is 6.26. The van der Waals surface area contributed by atoms with Crippen LogP contribution >= 0.6 is 11.3 Å². The van der Waals surface area contributed by atoms with E-state index in [-0.39, 0.29) is 0 Å². The van der Waals surface area contributed by atoms with Crippen LogP contribution in [-0.4, -0.2) is 28.4 Å². The number of hydrogen-bond donors (Lipinski definition) is 1. The van der Waals surface area contributed by atoms with Crippen LogP contribution in [0.1, 0.15) is 5.56 Å². The Morgan fingerprint density at radius 3 is 2.40 bits per heavy atom. The number of rotatable bonds is 6. The van der Waals surface area contributed by atoms with Gasteiger partial charge in [-0.15, -0.1) is 11.3 Å². The lowest BCUT2D eigenvalue weighted by Gasteiger charge is -2.14. The highest BCUT2D eigenvalue weighted by Gasteiger charge is 2.17. The van der Waals surface area contributed by atoms with Gasteiger partial charge in [0, 0.05) is 17.0 Å². The smallest absolute Gasteiger partial charge is 0.203 e. The lowest BCUT2D eigenvalue weighted by molar-refractivity contribution is 0.325. The number of methoxy groups -OCH3 is 3. The Morgan fingerprint density at radius 1 is 1.05 bits per heavy atom. The largest absolute Gasteiger partial charge is 0.493 e. The van der Waals surface area contributed by atoms with Crippen molar-refractivity contribution in [2.45, 2.75) is 6.54 Å². The van der Waals surface area contributed by atoms with Crippen molar-refractivity contribution in [2.75, 3.05) is 28.4 Å². The Labute approximate surface area is 123 Å². The van der Waals surface area contributed by atoms with Crippen molar-refractivity contribution in [3.8, 4) is 27.7 Å². The lowest BCUT2D eigenvalue weighted by atomic mass is 10.1. The fourth-order valence-corrected chi connectivity index (χ4v) is 3.05. The maximum Gasteiger partial charge on any atom is 0.203 e. The van der Waals surface area contributed by atoms with E-state index in [0.29, 0.717) is 17.2 Å². The maximum absolute atomic E-state index is 5.52. The molecule has 4 nitrogen and oxygen atoms in total. The molecule has 0 saturated heterocycles. The SMILES string of the molecule is CNCc1csc(-c2ccc(OC)c(OC)c2OC)c1. The Bertz CT molecular complexity index is 580. The van der Waals surface area contributed by atoms with Gasteiger partial charge in [-0.3, -0.25) is 0 Å². The zero-order valence-corrected chi connectivity index (χ0v) is 13.0. The molecule has 0 atom stereocenters. The van der Waals surface area contributed by atoms with E-state index < -0.39 is 0 Å². The molecule has 1 aromatic carbocycles. The Balaban J connectivity index is 2.49. The van der Waals surface area contributed by atoms with Gasteiger partial charge in [-0.05, 0) is 36.2 Å². The van der Waals surface area contributed by atoms with Crippen LogP contribution in [0, 0.1) is 0 Å². The molecule has 0 unspecified atom stereocenters. The summed E-state index contributed by atoms with van der Waals surface area (Å²) in [6.45, 7) is 0.853. The second-order valence-corrected chi connectivity index (χ2v) is 5.14. The van der Waals surface area contributed by atoms with Gasteiger partial charge >= 0.3 is 0 Å². The van der Waals surface area contributed by atoms with E-state index in [4.69, 9.17) is 14.2 Å². The molecule has 1 heterocycles. The van der Waals surface area contributed by atoms with Gasteiger partial charge in [0.25, 0.3) is 0 Å². The van der Waals surface area contributed by atoms with Crippen LogP contribution in [-0.2, 0) is 6.54 Å². The quantitative estimate of drug-likeness (QED) is 0.888. The van der Waals surface area contributed by atoms with Gasteiger partial charge in [-0.25, -0.2) is 0 Å². The summed E-state index contributed by atoms with van der Waals surface area (Å²) in [5, 5.41) is 5.29. The summed E-state index contributed by atoms with van der Waals surface area (Å²) < 4.78 is 16.2. The lowest BCUT2D eigenvalue weighted by Crippen LogP contribution is -2.03. The van der Waals surface area contributed by atoms with Crippen molar-refractivity contribution in [1.29, 1.82) is 0 Å². The zero-order chi connectivity index (χ0) is 14.5. The standard InChI is InChI=1S/C15H19NO3S/c1-16-8-10-7-13(20-9-10)11-5-6-12(17-2)15(19-4)14(11)18-3/h5-7,9,16H,8H2,1-4H3. The summed E-state index contributed by atoms with van der Waals surface area (Å²) in [5.41, 5.74) is 2.27. The molecule has 0 amide bonds. The molecular formula is C15H19NO3S. The van der Waals surface area contributed by atoms with Gasteiger partial charge in [0.2, 0.25) is 5.75 Å². The molecule has 0 fully saturated rings. The van der Waals surface area contributed by atoms with E-state index in [0.717, 1.165) is 17.0 Å². The number of nitrogens with one attached hydrogen (secondary N) is 1. The average Bonchev–Trinajstić information content (AvgIpc) is 2.94. The highest BCUT2D eigenvalue weighted by Crippen LogP contribution is 2.45. The van der Waals surface area contributed by atoms with E-state index in [1.165, 1.54) is 5.56 Å². The molecule has 0 radical (unpaired) electrons. The molecule has 1 aromatic heterocycles. The van der Waals surface area contributed by atoms with Crippen LogP contribution in [0.4, 0.5) is 0 Å². The van der Waals surface area contributed by atoms with Gasteiger partial charge in [0.1, 0.15) is 0 Å². The third-order valence-corrected chi connectivity index (χ3v) is 4.02. The molecule has 1 N–H and O–H groups in total. The van der Waals surface area contributed by atoms with Crippen LogP contribution in [0.5, 0.6) is 17.2 Å². The molecule has 2 aromatic rings. The van der Waals surface area contributed by atoms with Crippen molar-refractivity contribution in [1.82, 2.24) is 5.32 Å². The molecular weight excluding hydrogens is 274 g/mol. The zero-order valence-electron chi connectivity index (χ0n) is 12.1. The molecule has 0 saturated carbocycles. The van der Waals surface area contributed by atoms with Crippen molar-refractivity contribution in [3.05, 3.63) is 29.1 Å². The number of hydrogen-bond acceptors (Lipinski definition) is 5. The summed E-state index contributed by atoms with van der Waals surface area (Å²) in [5.74, 6) is 1.99. The van der Waals surface area contributed by atoms with Gasteiger partial charge in [0.05, 0.1) is 21.3 Å². The fourth-order valence-electron chi connectivity index (χ4n) is 2.11. The third-order valence-electron chi connectivity index (χ3n) is 3.00. The van der Waals surface area contributed by atoms with Gasteiger partial charge in [-0.2, -0.15) is 0 Å². The Kier molecular flexibility index (Phi) is 4.87. The number of thiophene rings is 1. The van der Waals surface area contributed by atoms with Crippen molar-refractivity contribution in [3.63, 3.8) is 0 Å². The molecule has 2 rings (SSSR count). The van der Waals surface area contributed by atoms with E-state index in [2.05, 4.69) is 16.8 Å². The Morgan fingerprint density at radius 2 is 1.80 bits per heavy atom. The molecule has 0 aliphatic carbocycles. The van der Waals surface area contributed by atoms with E-state index in [1.54, 1.807) is 32.7 Å². The highest BCUT2D eigenvalue weighted by atomic mass is 32.1. The summed E-state index contributed by atoms with van der Waals surface area (Å²) >= 11 is 1.69. The second-order valence-electron chi connectivity index (χ2n) is 4.23. The van der Waals surface area contributed by atoms with E-state index >= 15 is 0 Å². The van der Waals surface area contributed by atoms with Crippen molar-refractivity contribution < 1.29 is 14.2 Å². The minimum absolute atomic E-state index is 0.621. The van der Waals surface area contributed by atoms with Gasteiger partial charge in [-0.1, -0.05) is 0 Å². The van der Waals surface area contributed by atoms with Crippen molar-refractivity contribution >= 4 is 11.3 Å². The summed E-state index contributed by atoms with van der Waals surface area (Å²) in [7, 11) is 6.81. The normalized spacial score (nSPS) is 10.4. The first-order chi connectivity index (χ1) is 9.74. The highest BCUT2D eigenvalue weighted by molar-refractivity contribution is 7.13. The molecule has 5 heteroatoms. The van der Waals surface area contributed by atoms with Gasteiger partial charge < -0.3 is 19.5 Å². The molecule has 0 aliphatic rings. The maximum atomic E-state index is 5.52. The minimum atomic E-state index is 0.621. The topological polar surface area (TPSA) is 39.7 Å². The fraction of sp³-hybridized carbons (Fsp3) is 0.333. The molecule has 108 valence electrons. The first kappa shape index (κ1) is 14.7. The summed E-state index contributed by atoms with van der Waals surface area (Å²) in [6, 6.07) is 6.05.